The number of benzene rings is 2. The Bertz CT molecular complexity index is 588. The van der Waals surface area contributed by atoms with Crippen LogP contribution in [-0.4, -0.2) is 13.2 Å². The summed E-state index contributed by atoms with van der Waals surface area (Å²) in [6.07, 6.45) is 3.41. The highest BCUT2D eigenvalue weighted by molar-refractivity contribution is 5.38. The van der Waals surface area contributed by atoms with Gasteiger partial charge in [0.2, 0.25) is 0 Å². The average molecular weight is 282 g/mol. The predicted molar refractivity (Wildman–Crippen MR) is 84.3 cm³/mol. The van der Waals surface area contributed by atoms with Crippen molar-refractivity contribution in [1.29, 1.82) is 0 Å². The van der Waals surface area contributed by atoms with Crippen LogP contribution in [-0.2, 0) is 0 Å². The van der Waals surface area contributed by atoms with E-state index >= 15 is 0 Å². The monoisotopic (exact) mass is 282 g/mol. The molecule has 0 fully saturated rings. The van der Waals surface area contributed by atoms with Crippen LogP contribution in [0.25, 0.3) is 0 Å². The van der Waals surface area contributed by atoms with Crippen LogP contribution in [0.15, 0.2) is 73.8 Å². The highest BCUT2D eigenvalue weighted by Crippen LogP contribution is 2.26. The molecule has 0 atom stereocenters. The fourth-order valence-corrected chi connectivity index (χ4v) is 1.68. The third-order valence-corrected chi connectivity index (χ3v) is 2.60. The smallest absolute Gasteiger partial charge is 0.131 e. The summed E-state index contributed by atoms with van der Waals surface area (Å²) >= 11 is 0. The summed E-state index contributed by atoms with van der Waals surface area (Å²) in [6, 6.07) is 14.9. The molecule has 0 spiro atoms. The minimum absolute atomic E-state index is 0.471. The molecule has 0 heterocycles. The van der Waals surface area contributed by atoms with Gasteiger partial charge in [0, 0.05) is 6.07 Å². The lowest BCUT2D eigenvalue weighted by Gasteiger charge is -2.09. The Kier molecular flexibility index (Phi) is 5.47. The van der Waals surface area contributed by atoms with Crippen LogP contribution in [0.3, 0.4) is 0 Å². The van der Waals surface area contributed by atoms with Crippen molar-refractivity contribution >= 4 is 0 Å². The van der Waals surface area contributed by atoms with E-state index in [1.807, 2.05) is 48.5 Å². The molecule has 0 N–H and O–H groups in total. The molecule has 0 aliphatic heterocycles. The standard InChI is InChI=1S/C18H18O3/c1-3-12-19-15-8-10-16(11-9-15)21-18-7-5-6-17(14-18)20-13-4-2/h3-11,14H,1-2,12-13H2. The summed E-state index contributed by atoms with van der Waals surface area (Å²) < 4.78 is 16.7. The normalized spacial score (nSPS) is 9.71. The molecule has 0 aliphatic rings. The maximum absolute atomic E-state index is 5.78. The largest absolute Gasteiger partial charge is 0.490 e. The quantitative estimate of drug-likeness (QED) is 0.662. The number of rotatable bonds is 8. The summed E-state index contributed by atoms with van der Waals surface area (Å²) in [5, 5.41) is 0. The van der Waals surface area contributed by atoms with E-state index < -0.39 is 0 Å². The molecule has 0 aromatic heterocycles. The van der Waals surface area contributed by atoms with E-state index in [-0.39, 0.29) is 0 Å². The van der Waals surface area contributed by atoms with Crippen LogP contribution in [0.4, 0.5) is 0 Å². The van der Waals surface area contributed by atoms with E-state index in [9.17, 15) is 0 Å². The van der Waals surface area contributed by atoms with Gasteiger partial charge in [-0.15, -0.1) is 0 Å². The van der Waals surface area contributed by atoms with Gasteiger partial charge in [0.1, 0.15) is 36.2 Å². The van der Waals surface area contributed by atoms with Gasteiger partial charge in [-0.05, 0) is 36.4 Å². The van der Waals surface area contributed by atoms with E-state index in [1.165, 1.54) is 0 Å². The first kappa shape index (κ1) is 14.7. The van der Waals surface area contributed by atoms with E-state index in [0.717, 1.165) is 23.0 Å². The van der Waals surface area contributed by atoms with Crippen molar-refractivity contribution in [2.24, 2.45) is 0 Å². The zero-order valence-electron chi connectivity index (χ0n) is 11.8. The summed E-state index contributed by atoms with van der Waals surface area (Å²) in [5.41, 5.74) is 0. The van der Waals surface area contributed by atoms with Gasteiger partial charge in [-0.25, -0.2) is 0 Å². The number of ether oxygens (including phenoxy) is 3. The van der Waals surface area contributed by atoms with Crippen molar-refractivity contribution in [3.63, 3.8) is 0 Å². The van der Waals surface area contributed by atoms with Gasteiger partial charge in [-0.3, -0.25) is 0 Å². The second kappa shape index (κ2) is 7.80. The maximum atomic E-state index is 5.78. The van der Waals surface area contributed by atoms with Crippen molar-refractivity contribution < 1.29 is 14.2 Å². The van der Waals surface area contributed by atoms with Crippen LogP contribution >= 0.6 is 0 Å². The van der Waals surface area contributed by atoms with Crippen molar-refractivity contribution in [3.8, 4) is 23.0 Å². The molecule has 0 bridgehead atoms. The zero-order valence-corrected chi connectivity index (χ0v) is 11.8. The summed E-state index contributed by atoms with van der Waals surface area (Å²) in [7, 11) is 0. The van der Waals surface area contributed by atoms with Gasteiger partial charge in [0.15, 0.2) is 0 Å². The van der Waals surface area contributed by atoms with Crippen LogP contribution in [0, 0.1) is 0 Å². The first-order chi connectivity index (χ1) is 10.3. The third kappa shape index (κ3) is 4.73. The molecular formula is C18H18O3. The predicted octanol–water partition coefficient (Wildman–Crippen LogP) is 4.61. The van der Waals surface area contributed by atoms with E-state index in [4.69, 9.17) is 14.2 Å². The minimum atomic E-state index is 0.471. The lowest BCUT2D eigenvalue weighted by atomic mass is 10.3. The zero-order chi connectivity index (χ0) is 14.9. The van der Waals surface area contributed by atoms with Gasteiger partial charge in [-0.2, -0.15) is 0 Å². The summed E-state index contributed by atoms with van der Waals surface area (Å²) in [4.78, 5) is 0. The molecule has 0 radical (unpaired) electrons. The Labute approximate surface area is 125 Å². The van der Waals surface area contributed by atoms with Crippen molar-refractivity contribution in [1.82, 2.24) is 0 Å². The van der Waals surface area contributed by atoms with Crippen LogP contribution < -0.4 is 14.2 Å². The van der Waals surface area contributed by atoms with Gasteiger partial charge in [-0.1, -0.05) is 31.4 Å². The van der Waals surface area contributed by atoms with Gasteiger partial charge >= 0.3 is 0 Å². The minimum Gasteiger partial charge on any atom is -0.490 e. The van der Waals surface area contributed by atoms with Crippen LogP contribution in [0.2, 0.25) is 0 Å². The second-order valence-corrected chi connectivity index (χ2v) is 4.25. The molecule has 3 nitrogen and oxygen atoms in total. The fraction of sp³-hybridized carbons (Fsp3) is 0.111. The molecule has 2 rings (SSSR count). The number of hydrogen-bond acceptors (Lipinski definition) is 3. The Morgan fingerprint density at radius 1 is 0.714 bits per heavy atom. The number of hydrogen-bond donors (Lipinski definition) is 0. The topological polar surface area (TPSA) is 27.7 Å². The fourth-order valence-electron chi connectivity index (χ4n) is 1.68. The van der Waals surface area contributed by atoms with Crippen LogP contribution in [0.5, 0.6) is 23.0 Å². The molecule has 21 heavy (non-hydrogen) atoms. The lowest BCUT2D eigenvalue weighted by molar-refractivity contribution is 0.359. The lowest BCUT2D eigenvalue weighted by Crippen LogP contribution is -1.93. The summed E-state index contributed by atoms with van der Waals surface area (Å²) in [5.74, 6) is 2.99. The highest BCUT2D eigenvalue weighted by atomic mass is 16.5. The van der Waals surface area contributed by atoms with E-state index in [0.29, 0.717) is 13.2 Å². The Hall–Kier alpha value is -2.68. The molecule has 0 saturated carbocycles. The molecule has 0 unspecified atom stereocenters. The molecule has 108 valence electrons. The molecule has 3 heteroatoms. The molecular weight excluding hydrogens is 264 g/mol. The average Bonchev–Trinajstić information content (AvgIpc) is 2.53. The Morgan fingerprint density at radius 3 is 1.95 bits per heavy atom. The first-order valence-electron chi connectivity index (χ1n) is 6.67. The van der Waals surface area contributed by atoms with Gasteiger partial charge in [0.05, 0.1) is 0 Å². The molecule has 0 aliphatic carbocycles. The van der Waals surface area contributed by atoms with E-state index in [2.05, 4.69) is 13.2 Å². The molecule has 0 amide bonds. The van der Waals surface area contributed by atoms with E-state index in [1.54, 1.807) is 12.2 Å². The van der Waals surface area contributed by atoms with Gasteiger partial charge < -0.3 is 14.2 Å². The van der Waals surface area contributed by atoms with Crippen LogP contribution in [0.1, 0.15) is 0 Å². The maximum Gasteiger partial charge on any atom is 0.131 e. The highest BCUT2D eigenvalue weighted by Gasteiger charge is 2.00. The summed E-state index contributed by atoms with van der Waals surface area (Å²) in [6.45, 7) is 8.19. The molecule has 0 saturated heterocycles. The van der Waals surface area contributed by atoms with Crippen molar-refractivity contribution in [2.75, 3.05) is 13.2 Å². The second-order valence-electron chi connectivity index (χ2n) is 4.25. The third-order valence-electron chi connectivity index (χ3n) is 2.60. The Morgan fingerprint density at radius 2 is 1.29 bits per heavy atom. The van der Waals surface area contributed by atoms with Crippen molar-refractivity contribution in [3.05, 3.63) is 73.8 Å². The van der Waals surface area contributed by atoms with Crippen molar-refractivity contribution in [2.45, 2.75) is 0 Å². The SMILES string of the molecule is C=CCOc1ccc(Oc2cccc(OCC=C)c2)cc1. The first-order valence-corrected chi connectivity index (χ1v) is 6.67. The van der Waals surface area contributed by atoms with Gasteiger partial charge in [0.25, 0.3) is 0 Å². The molecule has 2 aromatic rings. The molecule has 2 aromatic carbocycles. The Balaban J connectivity index is 2.00.